The van der Waals surface area contributed by atoms with Crippen molar-refractivity contribution in [3.05, 3.63) is 47.7 Å². The van der Waals surface area contributed by atoms with E-state index in [1.807, 2.05) is 0 Å². The minimum absolute atomic E-state index is 0.118. The first-order chi connectivity index (χ1) is 14.4. The highest BCUT2D eigenvalue weighted by Crippen LogP contribution is 2.66. The average Bonchev–Trinajstić information content (AvgIpc) is 3.24. The summed E-state index contributed by atoms with van der Waals surface area (Å²) in [6.07, 6.45) is 13.0. The second kappa shape index (κ2) is 6.32. The van der Waals surface area contributed by atoms with Gasteiger partial charge in [0.2, 0.25) is 0 Å². The Bertz CT molecular complexity index is 1080. The fraction of sp³-hybridized carbons (Fsp3) is 0.593. The number of allylic oxidation sites excluding steroid dienone is 3. The summed E-state index contributed by atoms with van der Waals surface area (Å²) in [5, 5.41) is 16.4. The number of rotatable bonds is 1. The van der Waals surface area contributed by atoms with Gasteiger partial charge >= 0.3 is 0 Å². The van der Waals surface area contributed by atoms with Crippen molar-refractivity contribution in [3.8, 4) is 0 Å². The van der Waals surface area contributed by atoms with Gasteiger partial charge in [-0.2, -0.15) is 5.10 Å². The highest BCUT2D eigenvalue weighted by Gasteiger charge is 2.57. The van der Waals surface area contributed by atoms with Crippen LogP contribution in [0.2, 0.25) is 0 Å². The fourth-order valence-corrected chi connectivity index (χ4v) is 8.04. The number of aromatic nitrogens is 2. The van der Waals surface area contributed by atoms with Crippen LogP contribution in [0.15, 0.2) is 42.0 Å². The number of benzene rings is 1. The molecule has 3 unspecified atom stereocenters. The summed E-state index contributed by atoms with van der Waals surface area (Å²) in [6, 6.07) is 8.61. The minimum atomic E-state index is -0.118. The predicted molar refractivity (Wildman–Crippen MR) is 122 cm³/mol. The van der Waals surface area contributed by atoms with Gasteiger partial charge in [-0.15, -0.1) is 0 Å². The van der Waals surface area contributed by atoms with Crippen LogP contribution in [0.3, 0.4) is 0 Å². The summed E-state index contributed by atoms with van der Waals surface area (Å²) in [7, 11) is 2.11. The standard InChI is InChI=1S/C27H34N2O/c1-26-14-12-18(30)16-17(26)8-9-19-21-10-11-23(27(21,2)15-13-22(19)26)25-20-6-4-5-7-24(20)28-29(25)3/h4-8,11,18-19,21-22,30H,9-10,12-16H2,1-3H3/t18-,19?,21?,22?,26-,27-/m0/s1. The first-order valence-electron chi connectivity index (χ1n) is 11.9. The van der Waals surface area contributed by atoms with Crippen LogP contribution in [-0.4, -0.2) is 21.0 Å². The van der Waals surface area contributed by atoms with E-state index >= 15 is 0 Å². The van der Waals surface area contributed by atoms with Crippen LogP contribution in [0.1, 0.15) is 64.5 Å². The topological polar surface area (TPSA) is 38.0 Å². The molecule has 1 aromatic heterocycles. The van der Waals surface area contributed by atoms with Crippen LogP contribution in [-0.2, 0) is 7.05 Å². The third kappa shape index (κ3) is 2.39. The van der Waals surface area contributed by atoms with Gasteiger partial charge in [0.05, 0.1) is 17.3 Å². The molecule has 158 valence electrons. The molecule has 3 nitrogen and oxygen atoms in total. The van der Waals surface area contributed by atoms with E-state index in [0.29, 0.717) is 5.41 Å². The van der Waals surface area contributed by atoms with E-state index in [1.165, 1.54) is 36.8 Å². The lowest BCUT2D eigenvalue weighted by Crippen LogP contribution is -2.49. The lowest BCUT2D eigenvalue weighted by atomic mass is 9.47. The summed E-state index contributed by atoms with van der Waals surface area (Å²) in [5.41, 5.74) is 6.11. The third-order valence-electron chi connectivity index (χ3n) is 9.65. The zero-order valence-corrected chi connectivity index (χ0v) is 18.6. The number of hydrogen-bond acceptors (Lipinski definition) is 2. The number of nitrogens with zero attached hydrogens (tertiary/aromatic N) is 2. The Kier molecular flexibility index (Phi) is 3.98. The number of fused-ring (bicyclic) bond motifs is 6. The Morgan fingerprint density at radius 2 is 1.80 bits per heavy atom. The lowest BCUT2D eigenvalue weighted by molar-refractivity contribution is -0.0239. The largest absolute Gasteiger partial charge is 0.393 e. The monoisotopic (exact) mass is 402 g/mol. The molecule has 0 aliphatic heterocycles. The van der Waals surface area contributed by atoms with E-state index in [0.717, 1.165) is 42.5 Å². The van der Waals surface area contributed by atoms with Gasteiger partial charge in [0.1, 0.15) is 0 Å². The minimum Gasteiger partial charge on any atom is -0.393 e. The van der Waals surface area contributed by atoms with E-state index in [4.69, 9.17) is 5.10 Å². The molecular weight excluding hydrogens is 368 g/mol. The predicted octanol–water partition coefficient (Wildman–Crippen LogP) is 5.89. The Labute approximate surface area is 179 Å². The van der Waals surface area contributed by atoms with Crippen LogP contribution in [0, 0.1) is 28.6 Å². The lowest BCUT2D eigenvalue weighted by Gasteiger charge is -2.57. The molecule has 3 heteroatoms. The number of aliphatic hydroxyl groups excluding tert-OH is 1. The Morgan fingerprint density at radius 1 is 1.00 bits per heavy atom. The molecule has 0 radical (unpaired) electrons. The molecule has 2 saturated carbocycles. The van der Waals surface area contributed by atoms with Gasteiger partial charge in [-0.05, 0) is 85.2 Å². The first kappa shape index (κ1) is 18.9. The van der Waals surface area contributed by atoms with Crippen LogP contribution in [0.4, 0.5) is 0 Å². The SMILES string of the molecule is Cn1nc2ccccc2c1C1=CCC2C3CC=C4C[C@@H](O)CC[C@]4(C)C3CC[C@]12C. The maximum atomic E-state index is 10.2. The molecular formula is C27H34N2O. The van der Waals surface area contributed by atoms with Crippen LogP contribution >= 0.6 is 0 Å². The van der Waals surface area contributed by atoms with Crippen molar-refractivity contribution >= 4 is 16.5 Å². The van der Waals surface area contributed by atoms with Crippen molar-refractivity contribution in [1.29, 1.82) is 0 Å². The van der Waals surface area contributed by atoms with Crippen molar-refractivity contribution in [3.63, 3.8) is 0 Å². The molecule has 2 aromatic rings. The molecule has 6 rings (SSSR count). The summed E-state index contributed by atoms with van der Waals surface area (Å²) in [6.45, 7) is 5.06. The summed E-state index contributed by atoms with van der Waals surface area (Å²) >= 11 is 0. The number of hydrogen-bond donors (Lipinski definition) is 1. The molecule has 1 aromatic carbocycles. The Hall–Kier alpha value is -1.87. The van der Waals surface area contributed by atoms with Gasteiger partial charge < -0.3 is 5.11 Å². The summed E-state index contributed by atoms with van der Waals surface area (Å²) in [5.74, 6) is 2.27. The van der Waals surface area contributed by atoms with Gasteiger partial charge in [-0.1, -0.05) is 49.8 Å². The van der Waals surface area contributed by atoms with Gasteiger partial charge in [-0.25, -0.2) is 0 Å². The molecule has 0 saturated heterocycles. The van der Waals surface area contributed by atoms with Crippen LogP contribution in [0.25, 0.3) is 16.5 Å². The highest BCUT2D eigenvalue weighted by molar-refractivity contribution is 5.92. The zero-order valence-electron chi connectivity index (χ0n) is 18.6. The van der Waals surface area contributed by atoms with Crippen molar-refractivity contribution in [2.24, 2.45) is 35.6 Å². The molecule has 1 heterocycles. The third-order valence-corrected chi connectivity index (χ3v) is 9.65. The van der Waals surface area contributed by atoms with Crippen LogP contribution < -0.4 is 0 Å². The molecule has 30 heavy (non-hydrogen) atoms. The summed E-state index contributed by atoms with van der Waals surface area (Å²) in [4.78, 5) is 0. The molecule has 6 atom stereocenters. The number of aryl methyl sites for hydroxylation is 1. The Morgan fingerprint density at radius 3 is 2.67 bits per heavy atom. The van der Waals surface area contributed by atoms with Crippen molar-refractivity contribution in [1.82, 2.24) is 9.78 Å². The van der Waals surface area contributed by atoms with E-state index in [2.05, 4.69) is 62.0 Å². The second-order valence-corrected chi connectivity index (χ2v) is 11.0. The van der Waals surface area contributed by atoms with Crippen LogP contribution in [0.5, 0.6) is 0 Å². The Balaban J connectivity index is 1.38. The highest BCUT2D eigenvalue weighted by atomic mass is 16.3. The number of aliphatic hydroxyl groups is 1. The first-order valence-corrected chi connectivity index (χ1v) is 11.9. The maximum Gasteiger partial charge on any atom is 0.0929 e. The van der Waals surface area contributed by atoms with E-state index in [-0.39, 0.29) is 11.5 Å². The van der Waals surface area contributed by atoms with E-state index in [9.17, 15) is 5.11 Å². The average molecular weight is 403 g/mol. The molecule has 2 fully saturated rings. The quantitative estimate of drug-likeness (QED) is 0.604. The van der Waals surface area contributed by atoms with Gasteiger partial charge in [-0.3, -0.25) is 4.68 Å². The molecule has 4 aliphatic rings. The van der Waals surface area contributed by atoms with Crippen molar-refractivity contribution in [2.75, 3.05) is 0 Å². The zero-order chi connectivity index (χ0) is 20.7. The molecule has 0 bridgehead atoms. The van der Waals surface area contributed by atoms with Crippen molar-refractivity contribution < 1.29 is 5.11 Å². The van der Waals surface area contributed by atoms with Gasteiger partial charge in [0.25, 0.3) is 0 Å². The van der Waals surface area contributed by atoms with Gasteiger partial charge in [0, 0.05) is 12.4 Å². The molecule has 0 spiro atoms. The molecule has 0 amide bonds. The van der Waals surface area contributed by atoms with Gasteiger partial charge in [0.15, 0.2) is 0 Å². The van der Waals surface area contributed by atoms with E-state index < -0.39 is 0 Å². The second-order valence-electron chi connectivity index (χ2n) is 11.0. The normalized spacial score (nSPS) is 40.4. The van der Waals surface area contributed by atoms with Crippen molar-refractivity contribution in [2.45, 2.75) is 64.9 Å². The molecule has 4 aliphatic carbocycles. The smallest absolute Gasteiger partial charge is 0.0929 e. The van der Waals surface area contributed by atoms with E-state index in [1.54, 1.807) is 11.1 Å². The maximum absolute atomic E-state index is 10.2. The summed E-state index contributed by atoms with van der Waals surface area (Å²) < 4.78 is 2.12. The fourth-order valence-electron chi connectivity index (χ4n) is 8.04. The molecule has 1 N–H and O–H groups in total.